The molecular formula is C25H35N3O4S. The number of rotatable bonds is 4. The molecule has 1 aromatic carbocycles. The number of carbonyl (C=O) groups is 1. The maximum absolute atomic E-state index is 10.5. The van der Waals surface area contributed by atoms with Crippen LogP contribution in [0.5, 0.6) is 5.75 Å². The van der Waals surface area contributed by atoms with Crippen molar-refractivity contribution in [2.45, 2.75) is 77.9 Å². The van der Waals surface area contributed by atoms with Gasteiger partial charge in [0.25, 0.3) is 6.47 Å². The molecule has 0 bridgehead atoms. The lowest BCUT2D eigenvalue weighted by Gasteiger charge is -2.24. The van der Waals surface area contributed by atoms with Crippen LogP contribution in [-0.2, 0) is 20.0 Å². The standard InChI is InChI=1S/C20H25N3O2S.C5H10O2/c1-12-8-13(2)18(24)15(9-12)20(3)10-16(23-25-20)17-11-26-19(22-17)14-4-6-21-7-5-14;1-5(2,3)7-4-6/h8-9,11,14,21,24H,4-7,10H2,1-3H3;4H,1-3H3. The zero-order valence-corrected chi connectivity index (χ0v) is 21.2. The number of hydrogen-bond donors (Lipinski definition) is 2. The number of oxime groups is 1. The van der Waals surface area contributed by atoms with Crippen molar-refractivity contribution < 1.29 is 19.5 Å². The average molecular weight is 474 g/mol. The zero-order chi connectivity index (χ0) is 24.2. The monoisotopic (exact) mass is 473 g/mol. The minimum Gasteiger partial charge on any atom is -0.507 e. The topological polar surface area (TPSA) is 93.0 Å². The van der Waals surface area contributed by atoms with Gasteiger partial charge in [-0.15, -0.1) is 11.3 Å². The Morgan fingerprint density at radius 2 is 1.97 bits per heavy atom. The van der Waals surface area contributed by atoms with Crippen LogP contribution in [0.25, 0.3) is 0 Å². The molecule has 2 aliphatic heterocycles. The van der Waals surface area contributed by atoms with Crippen molar-refractivity contribution in [3.8, 4) is 5.75 Å². The summed E-state index contributed by atoms with van der Waals surface area (Å²) in [5.41, 5.74) is 3.56. The lowest BCUT2D eigenvalue weighted by molar-refractivity contribution is -0.138. The van der Waals surface area contributed by atoms with Gasteiger partial charge in [0.2, 0.25) is 0 Å². The number of aromatic hydroxyl groups is 1. The third kappa shape index (κ3) is 6.32. The number of thiazole rings is 1. The summed E-state index contributed by atoms with van der Waals surface area (Å²) in [4.78, 5) is 20.3. The number of hydrogen-bond acceptors (Lipinski definition) is 8. The normalized spacial score (nSPS) is 21.0. The Hall–Kier alpha value is -2.45. The third-order valence-electron chi connectivity index (χ3n) is 5.78. The highest BCUT2D eigenvalue weighted by molar-refractivity contribution is 7.10. The second-order valence-corrected chi connectivity index (χ2v) is 10.8. The zero-order valence-electron chi connectivity index (χ0n) is 20.4. The van der Waals surface area contributed by atoms with Crippen LogP contribution < -0.4 is 5.32 Å². The van der Waals surface area contributed by atoms with Crippen molar-refractivity contribution in [1.29, 1.82) is 0 Å². The van der Waals surface area contributed by atoms with Crippen molar-refractivity contribution in [3.05, 3.63) is 44.9 Å². The van der Waals surface area contributed by atoms with Gasteiger partial charge in [0.05, 0.1) is 10.7 Å². The number of nitrogens with one attached hydrogen (secondary N) is 1. The highest BCUT2D eigenvalue weighted by atomic mass is 32.1. The first-order valence-electron chi connectivity index (χ1n) is 11.4. The molecule has 2 N–H and O–H groups in total. The maximum Gasteiger partial charge on any atom is 0.293 e. The Balaban J connectivity index is 0.000000383. The summed E-state index contributed by atoms with van der Waals surface area (Å²) in [5, 5.41) is 21.6. The van der Waals surface area contributed by atoms with E-state index in [1.807, 2.05) is 53.7 Å². The molecule has 2 aliphatic rings. The number of nitrogens with zero attached hydrogens (tertiary/aromatic N) is 2. The van der Waals surface area contributed by atoms with Crippen LogP contribution in [0.4, 0.5) is 0 Å². The summed E-state index contributed by atoms with van der Waals surface area (Å²) < 4.78 is 4.55. The molecule has 0 radical (unpaired) electrons. The molecule has 7 nitrogen and oxygen atoms in total. The summed E-state index contributed by atoms with van der Waals surface area (Å²) >= 11 is 1.72. The van der Waals surface area contributed by atoms with Crippen LogP contribution >= 0.6 is 11.3 Å². The van der Waals surface area contributed by atoms with Gasteiger partial charge in [-0.1, -0.05) is 16.8 Å². The molecule has 3 heterocycles. The van der Waals surface area contributed by atoms with Gasteiger partial charge in [0.1, 0.15) is 17.1 Å². The van der Waals surface area contributed by atoms with Crippen molar-refractivity contribution in [3.63, 3.8) is 0 Å². The van der Waals surface area contributed by atoms with E-state index in [4.69, 9.17) is 9.82 Å². The van der Waals surface area contributed by atoms with Crippen LogP contribution in [0.1, 0.15) is 80.3 Å². The molecule has 180 valence electrons. The van der Waals surface area contributed by atoms with Gasteiger partial charge in [-0.25, -0.2) is 4.98 Å². The molecule has 1 saturated heterocycles. The average Bonchev–Trinajstić information content (AvgIpc) is 3.39. The Labute approximate surface area is 200 Å². The molecule has 1 unspecified atom stereocenters. The molecule has 0 saturated carbocycles. The lowest BCUT2D eigenvalue weighted by atomic mass is 9.87. The molecule has 1 aromatic heterocycles. The van der Waals surface area contributed by atoms with Gasteiger partial charge in [-0.3, -0.25) is 4.79 Å². The third-order valence-corrected chi connectivity index (χ3v) is 6.79. The fourth-order valence-corrected chi connectivity index (χ4v) is 5.01. The first kappa shape index (κ1) is 25.2. The van der Waals surface area contributed by atoms with Crippen LogP contribution in [-0.4, -0.2) is 41.0 Å². The van der Waals surface area contributed by atoms with E-state index in [1.54, 1.807) is 11.3 Å². The van der Waals surface area contributed by atoms with E-state index in [-0.39, 0.29) is 5.60 Å². The maximum atomic E-state index is 10.5. The van der Waals surface area contributed by atoms with E-state index in [0.29, 0.717) is 24.6 Å². The second kappa shape index (κ2) is 10.2. The highest BCUT2D eigenvalue weighted by Crippen LogP contribution is 2.42. The van der Waals surface area contributed by atoms with Crippen LogP contribution in [0.15, 0.2) is 22.7 Å². The van der Waals surface area contributed by atoms with Crippen molar-refractivity contribution in [2.75, 3.05) is 13.1 Å². The second-order valence-electron chi connectivity index (χ2n) is 9.94. The number of carbonyl (C=O) groups excluding carboxylic acids is 1. The fourth-order valence-electron chi connectivity index (χ4n) is 4.01. The Morgan fingerprint density at radius 1 is 1.27 bits per heavy atom. The van der Waals surface area contributed by atoms with Crippen LogP contribution in [0, 0.1) is 13.8 Å². The number of phenols is 1. The Morgan fingerprint density at radius 3 is 2.58 bits per heavy atom. The molecule has 1 atom stereocenters. The van der Waals surface area contributed by atoms with Gasteiger partial charge in [0, 0.05) is 23.3 Å². The SMILES string of the molecule is CC(C)(C)OC=O.Cc1cc(C)c(O)c(C2(C)CC(c3csc(C4CCNCC4)n3)=NO2)c1. The van der Waals surface area contributed by atoms with Gasteiger partial charge in [0.15, 0.2) is 5.60 Å². The molecule has 33 heavy (non-hydrogen) atoms. The fraction of sp³-hybridized carbons (Fsp3) is 0.560. The Bertz CT molecular complexity index is 1010. The van der Waals surface area contributed by atoms with E-state index in [0.717, 1.165) is 54.0 Å². The van der Waals surface area contributed by atoms with E-state index >= 15 is 0 Å². The van der Waals surface area contributed by atoms with Gasteiger partial charge < -0.3 is 20.0 Å². The number of aromatic nitrogens is 1. The number of piperidine rings is 1. The van der Waals surface area contributed by atoms with E-state index in [9.17, 15) is 9.90 Å². The lowest BCUT2D eigenvalue weighted by Crippen LogP contribution is -2.26. The predicted octanol–water partition coefficient (Wildman–Crippen LogP) is 4.93. The van der Waals surface area contributed by atoms with Gasteiger partial charge in [-0.05, 0) is 79.1 Å². The summed E-state index contributed by atoms with van der Waals surface area (Å²) in [6.07, 6.45) is 2.90. The minimum atomic E-state index is -0.658. The molecule has 1 fully saturated rings. The highest BCUT2D eigenvalue weighted by Gasteiger charge is 2.40. The van der Waals surface area contributed by atoms with Crippen LogP contribution in [0.3, 0.4) is 0 Å². The van der Waals surface area contributed by atoms with E-state index < -0.39 is 5.60 Å². The summed E-state index contributed by atoms with van der Waals surface area (Å²) in [5.74, 6) is 0.844. The van der Waals surface area contributed by atoms with E-state index in [1.165, 1.54) is 5.01 Å². The number of aryl methyl sites for hydroxylation is 2. The first-order valence-corrected chi connectivity index (χ1v) is 12.2. The molecule has 2 aromatic rings. The molecule has 4 rings (SSSR count). The quantitative estimate of drug-likeness (QED) is 0.612. The summed E-state index contributed by atoms with van der Waals surface area (Å²) in [6.45, 7) is 14.0. The minimum absolute atomic E-state index is 0.295. The predicted molar refractivity (Wildman–Crippen MR) is 131 cm³/mol. The number of benzene rings is 1. The Kier molecular flexibility index (Phi) is 7.80. The summed E-state index contributed by atoms with van der Waals surface area (Å²) in [7, 11) is 0. The molecular weight excluding hydrogens is 438 g/mol. The number of phenolic OH excluding ortho intramolecular Hbond substituents is 1. The van der Waals surface area contributed by atoms with Gasteiger partial charge in [-0.2, -0.15) is 0 Å². The molecule has 0 aliphatic carbocycles. The van der Waals surface area contributed by atoms with Crippen LogP contribution in [0.2, 0.25) is 0 Å². The van der Waals surface area contributed by atoms with E-state index in [2.05, 4.69) is 20.6 Å². The largest absolute Gasteiger partial charge is 0.507 e. The van der Waals surface area contributed by atoms with Crippen molar-refractivity contribution in [2.24, 2.45) is 5.16 Å². The van der Waals surface area contributed by atoms with Crippen molar-refractivity contribution in [1.82, 2.24) is 10.3 Å². The summed E-state index contributed by atoms with van der Waals surface area (Å²) in [6, 6.07) is 3.97. The number of ether oxygens (including phenoxy) is 1. The van der Waals surface area contributed by atoms with Gasteiger partial charge >= 0.3 is 0 Å². The molecule has 8 heteroatoms. The smallest absolute Gasteiger partial charge is 0.293 e. The first-order chi connectivity index (χ1) is 15.5. The molecule has 0 amide bonds. The molecule has 0 spiro atoms. The van der Waals surface area contributed by atoms with Crippen molar-refractivity contribution >= 4 is 23.5 Å².